The third-order valence-electron chi connectivity index (χ3n) is 3.89. The molecule has 5 heteroatoms. The summed E-state index contributed by atoms with van der Waals surface area (Å²) in [5.74, 6) is 0.896. The van der Waals surface area contributed by atoms with E-state index in [4.69, 9.17) is 4.74 Å². The molecule has 0 aliphatic carbocycles. The van der Waals surface area contributed by atoms with Crippen LogP contribution in [0.25, 0.3) is 0 Å². The van der Waals surface area contributed by atoms with E-state index in [0.717, 1.165) is 30.7 Å². The van der Waals surface area contributed by atoms with E-state index in [0.29, 0.717) is 6.61 Å². The number of alkyl halides is 3. The number of hydrogen-bond donors (Lipinski definition) is 1. The van der Waals surface area contributed by atoms with Gasteiger partial charge in [0.25, 0.3) is 0 Å². The largest absolute Gasteiger partial charge is 0.493 e. The molecule has 0 bridgehead atoms. The highest BCUT2D eigenvalue weighted by molar-refractivity contribution is 5.38. The van der Waals surface area contributed by atoms with Crippen LogP contribution in [0.3, 0.4) is 0 Å². The fourth-order valence-corrected chi connectivity index (χ4v) is 2.88. The van der Waals surface area contributed by atoms with Gasteiger partial charge in [-0.2, -0.15) is 13.2 Å². The minimum Gasteiger partial charge on any atom is -0.493 e. The van der Waals surface area contributed by atoms with Crippen molar-refractivity contribution in [3.63, 3.8) is 0 Å². The summed E-state index contributed by atoms with van der Waals surface area (Å²) in [4.78, 5) is 0. The Morgan fingerprint density at radius 3 is 2.81 bits per heavy atom. The molecule has 118 valence electrons. The van der Waals surface area contributed by atoms with E-state index in [1.54, 1.807) is 0 Å². The van der Waals surface area contributed by atoms with E-state index in [1.165, 1.54) is 0 Å². The van der Waals surface area contributed by atoms with Crippen molar-refractivity contribution >= 4 is 0 Å². The summed E-state index contributed by atoms with van der Waals surface area (Å²) in [5.41, 5.74) is 1.03. The second-order valence-corrected chi connectivity index (χ2v) is 5.50. The van der Waals surface area contributed by atoms with Gasteiger partial charge in [0, 0.05) is 18.4 Å². The highest BCUT2D eigenvalue weighted by Gasteiger charge is 2.33. The van der Waals surface area contributed by atoms with E-state index in [9.17, 15) is 13.2 Å². The van der Waals surface area contributed by atoms with Crippen LogP contribution in [0.4, 0.5) is 13.2 Å². The molecule has 2 atom stereocenters. The zero-order chi connectivity index (χ0) is 15.3. The van der Waals surface area contributed by atoms with Crippen molar-refractivity contribution in [2.75, 3.05) is 13.2 Å². The maximum atomic E-state index is 12.5. The van der Waals surface area contributed by atoms with E-state index in [1.807, 2.05) is 31.2 Å². The average molecular weight is 301 g/mol. The lowest BCUT2D eigenvalue weighted by atomic mass is 9.84. The molecular formula is C16H22F3NO. The summed E-state index contributed by atoms with van der Waals surface area (Å²) < 4.78 is 43.3. The third-order valence-corrected chi connectivity index (χ3v) is 3.89. The van der Waals surface area contributed by atoms with Gasteiger partial charge in [-0.3, -0.25) is 0 Å². The summed E-state index contributed by atoms with van der Waals surface area (Å²) in [6.07, 6.45) is -3.06. The van der Waals surface area contributed by atoms with Crippen LogP contribution in [0, 0.1) is 0 Å². The highest BCUT2D eigenvalue weighted by atomic mass is 19.4. The quantitative estimate of drug-likeness (QED) is 0.847. The fraction of sp³-hybridized carbons (Fsp3) is 0.625. The second-order valence-electron chi connectivity index (χ2n) is 5.50. The molecule has 21 heavy (non-hydrogen) atoms. The summed E-state index contributed by atoms with van der Waals surface area (Å²) in [6.45, 7) is 3.33. The molecule has 0 saturated heterocycles. The van der Waals surface area contributed by atoms with Gasteiger partial charge in [0.05, 0.1) is 6.61 Å². The molecule has 0 saturated carbocycles. The Labute approximate surface area is 123 Å². The van der Waals surface area contributed by atoms with Gasteiger partial charge < -0.3 is 10.1 Å². The first-order valence-electron chi connectivity index (χ1n) is 7.53. The maximum absolute atomic E-state index is 12.5. The number of para-hydroxylation sites is 1. The molecule has 1 aliphatic heterocycles. The highest BCUT2D eigenvalue weighted by Crippen LogP contribution is 2.37. The molecule has 0 amide bonds. The van der Waals surface area contributed by atoms with E-state index < -0.39 is 12.6 Å². The SMILES string of the molecule is CCCNC(CCC(F)(F)F)C1CCOc2ccccc21. The molecule has 1 heterocycles. The van der Waals surface area contributed by atoms with E-state index in [2.05, 4.69) is 5.32 Å². The minimum absolute atomic E-state index is 0.0869. The Morgan fingerprint density at radius 1 is 1.33 bits per heavy atom. The first kappa shape index (κ1) is 16.1. The fourth-order valence-electron chi connectivity index (χ4n) is 2.88. The Bertz CT molecular complexity index is 447. The van der Waals surface area contributed by atoms with Crippen molar-refractivity contribution < 1.29 is 17.9 Å². The minimum atomic E-state index is -4.10. The topological polar surface area (TPSA) is 21.3 Å². The first-order chi connectivity index (χ1) is 10.0. The second kappa shape index (κ2) is 7.16. The van der Waals surface area contributed by atoms with Crippen LogP contribution in [0.1, 0.15) is 44.1 Å². The van der Waals surface area contributed by atoms with Crippen LogP contribution in [0.15, 0.2) is 24.3 Å². The molecular weight excluding hydrogens is 279 g/mol. The predicted molar refractivity (Wildman–Crippen MR) is 76.7 cm³/mol. The van der Waals surface area contributed by atoms with Gasteiger partial charge in [-0.1, -0.05) is 25.1 Å². The van der Waals surface area contributed by atoms with Crippen LogP contribution in [-0.4, -0.2) is 25.4 Å². The maximum Gasteiger partial charge on any atom is 0.389 e. The van der Waals surface area contributed by atoms with Crippen molar-refractivity contribution in [2.45, 2.75) is 50.7 Å². The Morgan fingerprint density at radius 2 is 2.10 bits per heavy atom. The van der Waals surface area contributed by atoms with Gasteiger partial charge in [0.1, 0.15) is 5.75 Å². The van der Waals surface area contributed by atoms with Crippen LogP contribution >= 0.6 is 0 Å². The lowest BCUT2D eigenvalue weighted by Gasteiger charge is -2.33. The summed E-state index contributed by atoms with van der Waals surface area (Å²) in [5, 5.41) is 3.30. The van der Waals surface area contributed by atoms with Crippen molar-refractivity contribution in [2.24, 2.45) is 0 Å². The number of hydrogen-bond acceptors (Lipinski definition) is 2. The van der Waals surface area contributed by atoms with Crippen molar-refractivity contribution in [3.8, 4) is 5.75 Å². The number of fused-ring (bicyclic) bond motifs is 1. The standard InChI is InChI=1S/C16H22F3NO/c1-2-10-20-14(7-9-16(17,18)19)12-8-11-21-15-6-4-3-5-13(12)15/h3-6,12,14,20H,2,7-11H2,1H3. The Kier molecular flexibility index (Phi) is 5.51. The normalized spacial score (nSPS) is 19.7. The van der Waals surface area contributed by atoms with E-state index in [-0.39, 0.29) is 18.4 Å². The third kappa shape index (κ3) is 4.63. The number of halogens is 3. The first-order valence-corrected chi connectivity index (χ1v) is 7.53. The van der Waals surface area contributed by atoms with Crippen molar-refractivity contribution in [1.29, 1.82) is 0 Å². The van der Waals surface area contributed by atoms with Crippen LogP contribution in [0.2, 0.25) is 0 Å². The van der Waals surface area contributed by atoms with Crippen LogP contribution < -0.4 is 10.1 Å². The van der Waals surface area contributed by atoms with Gasteiger partial charge in [-0.25, -0.2) is 0 Å². The Hall–Kier alpha value is -1.23. The average Bonchev–Trinajstić information content (AvgIpc) is 2.46. The summed E-state index contributed by atoms with van der Waals surface area (Å²) >= 11 is 0. The molecule has 1 N–H and O–H groups in total. The Balaban J connectivity index is 2.13. The zero-order valence-corrected chi connectivity index (χ0v) is 12.2. The van der Waals surface area contributed by atoms with E-state index >= 15 is 0 Å². The van der Waals surface area contributed by atoms with Crippen LogP contribution in [0.5, 0.6) is 5.75 Å². The molecule has 1 aromatic carbocycles. The summed E-state index contributed by atoms with van der Waals surface area (Å²) in [7, 11) is 0. The number of benzene rings is 1. The molecule has 0 spiro atoms. The van der Waals surface area contributed by atoms with Gasteiger partial charge >= 0.3 is 6.18 Å². The van der Waals surface area contributed by atoms with Gasteiger partial charge in [-0.05, 0) is 37.4 Å². The molecule has 0 radical (unpaired) electrons. The van der Waals surface area contributed by atoms with Crippen molar-refractivity contribution in [1.82, 2.24) is 5.32 Å². The van der Waals surface area contributed by atoms with Gasteiger partial charge in [0.2, 0.25) is 0 Å². The molecule has 2 rings (SSSR count). The van der Waals surface area contributed by atoms with Crippen LogP contribution in [-0.2, 0) is 0 Å². The van der Waals surface area contributed by atoms with Gasteiger partial charge in [-0.15, -0.1) is 0 Å². The lowest BCUT2D eigenvalue weighted by molar-refractivity contribution is -0.137. The number of rotatable bonds is 6. The molecule has 2 nitrogen and oxygen atoms in total. The molecule has 0 aromatic heterocycles. The summed E-state index contributed by atoms with van der Waals surface area (Å²) in [6, 6.07) is 7.51. The predicted octanol–water partition coefficient (Wildman–Crippen LogP) is 4.26. The molecule has 1 aromatic rings. The smallest absolute Gasteiger partial charge is 0.389 e. The zero-order valence-electron chi connectivity index (χ0n) is 12.2. The number of nitrogens with one attached hydrogen (secondary N) is 1. The molecule has 2 unspecified atom stereocenters. The molecule has 1 aliphatic rings. The van der Waals surface area contributed by atoms with Gasteiger partial charge in [0.15, 0.2) is 0 Å². The number of ether oxygens (including phenoxy) is 1. The van der Waals surface area contributed by atoms with Crippen molar-refractivity contribution in [3.05, 3.63) is 29.8 Å². The lowest BCUT2D eigenvalue weighted by Crippen LogP contribution is -2.38. The molecule has 0 fully saturated rings. The monoisotopic (exact) mass is 301 g/mol.